The summed E-state index contributed by atoms with van der Waals surface area (Å²) >= 11 is 0. The molecular formula is C11H18N2O2. The summed E-state index contributed by atoms with van der Waals surface area (Å²) in [6.07, 6.45) is 2.21. The van der Waals surface area contributed by atoms with Crippen LogP contribution in [0.25, 0.3) is 0 Å². The molecule has 1 amide bonds. The minimum Gasteiger partial charge on any atom is -0.469 e. The highest BCUT2D eigenvalue weighted by Crippen LogP contribution is 2.15. The Bertz CT molecular complexity index is 331. The zero-order chi connectivity index (χ0) is 11.4. The van der Waals surface area contributed by atoms with Crippen LogP contribution < -0.4 is 5.73 Å². The molecule has 0 bridgehead atoms. The lowest BCUT2D eigenvalue weighted by Gasteiger charge is -2.18. The summed E-state index contributed by atoms with van der Waals surface area (Å²) in [5.41, 5.74) is 6.66. The van der Waals surface area contributed by atoms with E-state index < -0.39 is 0 Å². The van der Waals surface area contributed by atoms with E-state index in [0.717, 1.165) is 11.3 Å². The van der Waals surface area contributed by atoms with Gasteiger partial charge in [-0.15, -0.1) is 0 Å². The highest BCUT2D eigenvalue weighted by atomic mass is 16.3. The van der Waals surface area contributed by atoms with Crippen LogP contribution in [0.1, 0.15) is 11.3 Å². The van der Waals surface area contributed by atoms with E-state index in [4.69, 9.17) is 10.2 Å². The molecule has 0 aromatic carbocycles. The Morgan fingerprint density at radius 3 is 2.67 bits per heavy atom. The third-order valence-electron chi connectivity index (χ3n) is 2.47. The second-order valence-corrected chi connectivity index (χ2v) is 3.90. The van der Waals surface area contributed by atoms with Crippen molar-refractivity contribution in [3.63, 3.8) is 0 Å². The first-order valence-electron chi connectivity index (χ1n) is 5.00. The molecule has 1 rings (SSSR count). The summed E-state index contributed by atoms with van der Waals surface area (Å²) in [6, 6.07) is 1.89. The fourth-order valence-electron chi connectivity index (χ4n) is 1.47. The highest BCUT2D eigenvalue weighted by Gasteiger charge is 2.21. The van der Waals surface area contributed by atoms with Crippen LogP contribution in [0.3, 0.4) is 0 Å². The number of aryl methyl sites for hydroxylation is 1. The van der Waals surface area contributed by atoms with Crippen molar-refractivity contribution >= 4 is 5.91 Å². The van der Waals surface area contributed by atoms with Gasteiger partial charge in [-0.3, -0.25) is 4.79 Å². The van der Waals surface area contributed by atoms with Crippen molar-refractivity contribution in [2.45, 2.75) is 13.3 Å². The smallest absolute Gasteiger partial charge is 0.226 e. The van der Waals surface area contributed by atoms with Gasteiger partial charge in [0.25, 0.3) is 0 Å². The molecule has 2 N–H and O–H groups in total. The maximum Gasteiger partial charge on any atom is 0.226 e. The number of carbonyl (C=O) groups excluding carboxylic acids is 1. The van der Waals surface area contributed by atoms with Gasteiger partial charge in [-0.25, -0.2) is 0 Å². The van der Waals surface area contributed by atoms with Crippen molar-refractivity contribution < 1.29 is 9.21 Å². The average Bonchev–Trinajstić information content (AvgIpc) is 2.59. The first-order chi connectivity index (χ1) is 7.06. The van der Waals surface area contributed by atoms with E-state index in [0.29, 0.717) is 13.0 Å². The molecule has 4 nitrogen and oxygen atoms in total. The Labute approximate surface area is 90.0 Å². The molecule has 1 aromatic heterocycles. The Morgan fingerprint density at radius 1 is 1.60 bits per heavy atom. The number of carbonyl (C=O) groups is 1. The van der Waals surface area contributed by atoms with Gasteiger partial charge < -0.3 is 15.1 Å². The molecule has 0 saturated heterocycles. The van der Waals surface area contributed by atoms with E-state index in [-0.39, 0.29) is 11.8 Å². The molecular weight excluding hydrogens is 192 g/mol. The Balaban J connectivity index is 2.70. The van der Waals surface area contributed by atoms with Crippen molar-refractivity contribution in [2.24, 2.45) is 11.7 Å². The van der Waals surface area contributed by atoms with Crippen LogP contribution in [-0.2, 0) is 11.2 Å². The molecule has 0 aliphatic rings. The molecule has 1 aromatic rings. The van der Waals surface area contributed by atoms with E-state index in [1.807, 2.05) is 13.0 Å². The number of furan rings is 1. The van der Waals surface area contributed by atoms with Crippen LogP contribution >= 0.6 is 0 Å². The van der Waals surface area contributed by atoms with E-state index in [2.05, 4.69) is 0 Å². The topological polar surface area (TPSA) is 59.5 Å². The van der Waals surface area contributed by atoms with Gasteiger partial charge in [0, 0.05) is 27.1 Å². The Hall–Kier alpha value is -1.29. The van der Waals surface area contributed by atoms with Crippen LogP contribution in [0.15, 0.2) is 16.7 Å². The van der Waals surface area contributed by atoms with Crippen LogP contribution in [0.2, 0.25) is 0 Å². The zero-order valence-corrected chi connectivity index (χ0v) is 9.49. The number of rotatable bonds is 4. The number of amides is 1. The molecule has 1 heterocycles. The standard InChI is InChI=1S/C11H18N2O2/c1-8-4-5-15-10(8)6-9(7-12)11(14)13(2)3/h4-5,9H,6-7,12H2,1-3H3. The molecule has 1 atom stereocenters. The minimum absolute atomic E-state index is 0.0494. The lowest BCUT2D eigenvalue weighted by atomic mass is 10.0. The zero-order valence-electron chi connectivity index (χ0n) is 9.49. The first kappa shape index (κ1) is 11.8. The third-order valence-corrected chi connectivity index (χ3v) is 2.47. The molecule has 0 fully saturated rings. The minimum atomic E-state index is -0.190. The SMILES string of the molecule is Cc1ccoc1CC(CN)C(=O)N(C)C. The van der Waals surface area contributed by atoms with Crippen LogP contribution in [0.4, 0.5) is 0 Å². The van der Waals surface area contributed by atoms with Gasteiger partial charge in [0.2, 0.25) is 5.91 Å². The van der Waals surface area contributed by atoms with Crippen molar-refractivity contribution in [3.8, 4) is 0 Å². The summed E-state index contributed by atoms with van der Waals surface area (Å²) in [4.78, 5) is 13.3. The molecule has 0 saturated carbocycles. The summed E-state index contributed by atoms with van der Waals surface area (Å²) in [6.45, 7) is 2.31. The molecule has 0 radical (unpaired) electrons. The van der Waals surface area contributed by atoms with Gasteiger partial charge in [-0.05, 0) is 18.6 Å². The molecule has 0 spiro atoms. The number of nitrogens with zero attached hydrogens (tertiary/aromatic N) is 1. The molecule has 15 heavy (non-hydrogen) atoms. The molecule has 1 unspecified atom stereocenters. The normalized spacial score (nSPS) is 12.5. The van der Waals surface area contributed by atoms with Gasteiger partial charge in [-0.1, -0.05) is 0 Å². The average molecular weight is 210 g/mol. The Kier molecular flexibility index (Phi) is 3.91. The van der Waals surface area contributed by atoms with Gasteiger partial charge in [-0.2, -0.15) is 0 Å². The van der Waals surface area contributed by atoms with E-state index in [9.17, 15) is 4.79 Å². The molecule has 4 heteroatoms. The van der Waals surface area contributed by atoms with Gasteiger partial charge >= 0.3 is 0 Å². The number of nitrogens with two attached hydrogens (primary N) is 1. The predicted molar refractivity (Wildman–Crippen MR) is 58.4 cm³/mol. The highest BCUT2D eigenvalue weighted by molar-refractivity contribution is 5.78. The lowest BCUT2D eigenvalue weighted by molar-refractivity contribution is -0.132. The fraction of sp³-hybridized carbons (Fsp3) is 0.545. The van der Waals surface area contributed by atoms with Crippen LogP contribution in [0.5, 0.6) is 0 Å². The summed E-state index contributed by atoms with van der Waals surface area (Å²) < 4.78 is 5.30. The van der Waals surface area contributed by atoms with Crippen molar-refractivity contribution in [1.82, 2.24) is 4.90 Å². The maximum atomic E-state index is 11.7. The quantitative estimate of drug-likeness (QED) is 0.799. The third kappa shape index (κ3) is 2.83. The Morgan fingerprint density at radius 2 is 2.27 bits per heavy atom. The molecule has 84 valence electrons. The number of hydrogen-bond acceptors (Lipinski definition) is 3. The van der Waals surface area contributed by atoms with E-state index >= 15 is 0 Å². The largest absolute Gasteiger partial charge is 0.469 e. The monoisotopic (exact) mass is 210 g/mol. The summed E-state index contributed by atoms with van der Waals surface area (Å²) in [7, 11) is 3.47. The molecule has 0 aliphatic heterocycles. The van der Waals surface area contributed by atoms with E-state index in [1.54, 1.807) is 25.3 Å². The predicted octanol–water partition coefficient (Wildman–Crippen LogP) is 0.794. The van der Waals surface area contributed by atoms with Crippen LogP contribution in [0, 0.1) is 12.8 Å². The number of hydrogen-bond donors (Lipinski definition) is 1. The summed E-state index contributed by atoms with van der Waals surface area (Å²) in [5, 5.41) is 0. The fourth-order valence-corrected chi connectivity index (χ4v) is 1.47. The molecule has 0 aliphatic carbocycles. The van der Waals surface area contributed by atoms with Gasteiger partial charge in [0.15, 0.2) is 0 Å². The maximum absolute atomic E-state index is 11.7. The lowest BCUT2D eigenvalue weighted by Crippen LogP contribution is -2.35. The van der Waals surface area contributed by atoms with E-state index in [1.165, 1.54) is 0 Å². The first-order valence-corrected chi connectivity index (χ1v) is 5.00. The van der Waals surface area contributed by atoms with Crippen molar-refractivity contribution in [1.29, 1.82) is 0 Å². The second kappa shape index (κ2) is 4.98. The van der Waals surface area contributed by atoms with Crippen LogP contribution in [-0.4, -0.2) is 31.4 Å². The van der Waals surface area contributed by atoms with Gasteiger partial charge in [0.1, 0.15) is 5.76 Å². The summed E-state index contributed by atoms with van der Waals surface area (Å²) in [5.74, 6) is 0.707. The van der Waals surface area contributed by atoms with Gasteiger partial charge in [0.05, 0.1) is 12.2 Å². The second-order valence-electron chi connectivity index (χ2n) is 3.90. The van der Waals surface area contributed by atoms with Crippen molar-refractivity contribution in [2.75, 3.05) is 20.6 Å². The van der Waals surface area contributed by atoms with Crippen molar-refractivity contribution in [3.05, 3.63) is 23.7 Å².